The van der Waals surface area contributed by atoms with Crippen molar-refractivity contribution in [3.05, 3.63) is 57.9 Å². The number of nitriles is 1. The van der Waals surface area contributed by atoms with Crippen molar-refractivity contribution >= 4 is 23.2 Å². The van der Waals surface area contributed by atoms with Gasteiger partial charge in [-0.05, 0) is 31.2 Å². The minimum Gasteiger partial charge on any atom is -0.487 e. The van der Waals surface area contributed by atoms with Crippen molar-refractivity contribution in [2.45, 2.75) is 19.4 Å². The molecule has 3 nitrogen and oxygen atoms in total. The molecule has 1 aromatic carbocycles. The van der Waals surface area contributed by atoms with Gasteiger partial charge < -0.3 is 4.74 Å². The largest absolute Gasteiger partial charge is 0.487 e. The molecule has 5 heteroatoms. The number of hydrogen-bond acceptors (Lipinski definition) is 3. The number of aryl methyl sites for hydroxylation is 1. The Kier molecular flexibility index (Phi) is 4.84. The van der Waals surface area contributed by atoms with Gasteiger partial charge in [-0.2, -0.15) is 5.26 Å². The smallest absolute Gasteiger partial charge is 0.142 e. The van der Waals surface area contributed by atoms with Crippen LogP contribution in [0.15, 0.2) is 30.3 Å². The van der Waals surface area contributed by atoms with E-state index in [2.05, 4.69) is 4.98 Å². The standard InChI is InChI=1S/C15H12Cl2N2O/c1-10-2-5-15(14(7-16)19-10)20-9-12-4-3-11(8-18)6-13(12)17/h2-6H,7,9H2,1H3. The van der Waals surface area contributed by atoms with Crippen LogP contribution in [0.5, 0.6) is 5.75 Å². The summed E-state index contributed by atoms with van der Waals surface area (Å²) in [7, 11) is 0. The molecular formula is C15H12Cl2N2O. The van der Waals surface area contributed by atoms with Gasteiger partial charge in [0.2, 0.25) is 0 Å². The maximum atomic E-state index is 8.79. The van der Waals surface area contributed by atoms with Crippen LogP contribution in [0.1, 0.15) is 22.5 Å². The SMILES string of the molecule is Cc1ccc(OCc2ccc(C#N)cc2Cl)c(CCl)n1. The minimum absolute atomic E-state index is 0.290. The Morgan fingerprint density at radius 2 is 2.10 bits per heavy atom. The van der Waals surface area contributed by atoms with Crippen molar-refractivity contribution in [2.24, 2.45) is 0 Å². The average molecular weight is 307 g/mol. The van der Waals surface area contributed by atoms with Gasteiger partial charge in [-0.1, -0.05) is 17.7 Å². The zero-order valence-electron chi connectivity index (χ0n) is 10.9. The molecule has 1 heterocycles. The van der Waals surface area contributed by atoms with Crippen molar-refractivity contribution < 1.29 is 4.74 Å². The molecule has 1 aromatic heterocycles. The topological polar surface area (TPSA) is 45.9 Å². The van der Waals surface area contributed by atoms with Crippen LogP contribution in [0.4, 0.5) is 0 Å². The van der Waals surface area contributed by atoms with Crippen molar-refractivity contribution in [2.75, 3.05) is 0 Å². The summed E-state index contributed by atoms with van der Waals surface area (Å²) >= 11 is 12.0. The predicted molar refractivity (Wildman–Crippen MR) is 79.0 cm³/mol. The van der Waals surface area contributed by atoms with Gasteiger partial charge in [-0.3, -0.25) is 4.98 Å². The molecule has 0 saturated heterocycles. The van der Waals surface area contributed by atoms with Crippen LogP contribution in [0, 0.1) is 18.3 Å². The van der Waals surface area contributed by atoms with Gasteiger partial charge in [0.15, 0.2) is 0 Å². The molecule has 0 atom stereocenters. The van der Waals surface area contributed by atoms with E-state index in [1.165, 1.54) is 0 Å². The van der Waals surface area contributed by atoms with Gasteiger partial charge >= 0.3 is 0 Å². The Bertz CT molecular complexity index is 665. The fourth-order valence-electron chi connectivity index (χ4n) is 1.71. The number of alkyl halides is 1. The van der Waals surface area contributed by atoms with Crippen LogP contribution >= 0.6 is 23.2 Å². The number of nitrogens with zero attached hydrogens (tertiary/aromatic N) is 2. The molecule has 0 N–H and O–H groups in total. The summed E-state index contributed by atoms with van der Waals surface area (Å²) in [6, 6.07) is 10.9. The first-order chi connectivity index (χ1) is 9.63. The number of pyridine rings is 1. The first-order valence-corrected chi connectivity index (χ1v) is 6.89. The molecular weight excluding hydrogens is 295 g/mol. The van der Waals surface area contributed by atoms with E-state index in [4.69, 9.17) is 33.2 Å². The highest BCUT2D eigenvalue weighted by molar-refractivity contribution is 6.31. The highest BCUT2D eigenvalue weighted by Crippen LogP contribution is 2.23. The van der Waals surface area contributed by atoms with E-state index in [1.807, 2.05) is 25.1 Å². The highest BCUT2D eigenvalue weighted by Gasteiger charge is 2.07. The number of halogens is 2. The normalized spacial score (nSPS) is 10.1. The zero-order valence-corrected chi connectivity index (χ0v) is 12.4. The lowest BCUT2D eigenvalue weighted by molar-refractivity contribution is 0.302. The summed E-state index contributed by atoms with van der Waals surface area (Å²) in [4.78, 5) is 4.32. The van der Waals surface area contributed by atoms with Gasteiger partial charge in [0.1, 0.15) is 12.4 Å². The van der Waals surface area contributed by atoms with E-state index >= 15 is 0 Å². The first-order valence-electron chi connectivity index (χ1n) is 5.98. The van der Waals surface area contributed by atoms with E-state index in [0.717, 1.165) is 11.3 Å². The van der Waals surface area contributed by atoms with Crippen LogP contribution < -0.4 is 4.74 Å². The monoisotopic (exact) mass is 306 g/mol. The van der Waals surface area contributed by atoms with Crippen LogP contribution in [-0.2, 0) is 12.5 Å². The van der Waals surface area contributed by atoms with Gasteiger partial charge in [-0.25, -0.2) is 0 Å². The molecule has 0 aliphatic carbocycles. The third-order valence-electron chi connectivity index (χ3n) is 2.76. The molecule has 2 rings (SSSR count). The fraction of sp³-hybridized carbons (Fsp3) is 0.200. The van der Waals surface area contributed by atoms with E-state index in [1.54, 1.807) is 18.2 Å². The van der Waals surface area contributed by atoms with Crippen molar-refractivity contribution in [1.29, 1.82) is 5.26 Å². The maximum Gasteiger partial charge on any atom is 0.142 e. The molecule has 0 spiro atoms. The van der Waals surface area contributed by atoms with Gasteiger partial charge in [0, 0.05) is 16.3 Å². The molecule has 0 aliphatic rings. The van der Waals surface area contributed by atoms with E-state index in [9.17, 15) is 0 Å². The highest BCUT2D eigenvalue weighted by atomic mass is 35.5. The van der Waals surface area contributed by atoms with E-state index in [0.29, 0.717) is 28.6 Å². The number of benzene rings is 1. The Hall–Kier alpha value is -1.76. The fourth-order valence-corrected chi connectivity index (χ4v) is 2.14. The lowest BCUT2D eigenvalue weighted by Crippen LogP contribution is -2.01. The lowest BCUT2D eigenvalue weighted by atomic mass is 10.1. The Morgan fingerprint density at radius 1 is 1.30 bits per heavy atom. The molecule has 0 amide bonds. The number of rotatable bonds is 4. The zero-order chi connectivity index (χ0) is 14.5. The molecule has 20 heavy (non-hydrogen) atoms. The third-order valence-corrected chi connectivity index (χ3v) is 3.37. The van der Waals surface area contributed by atoms with Gasteiger partial charge in [0.05, 0.1) is 23.2 Å². The molecule has 2 aromatic rings. The quantitative estimate of drug-likeness (QED) is 0.794. The minimum atomic E-state index is 0.290. The molecule has 0 radical (unpaired) electrons. The summed E-state index contributed by atoms with van der Waals surface area (Å²) in [5.41, 5.74) is 2.94. The van der Waals surface area contributed by atoms with Gasteiger partial charge in [0.25, 0.3) is 0 Å². The second-order valence-corrected chi connectivity index (χ2v) is 4.91. The molecule has 0 fully saturated rings. The van der Waals surface area contributed by atoms with Crippen molar-refractivity contribution in [3.8, 4) is 11.8 Å². The van der Waals surface area contributed by atoms with Crippen molar-refractivity contribution in [3.63, 3.8) is 0 Å². The molecule has 0 saturated carbocycles. The Balaban J connectivity index is 2.15. The third kappa shape index (κ3) is 3.41. The second-order valence-electron chi connectivity index (χ2n) is 4.24. The van der Waals surface area contributed by atoms with E-state index < -0.39 is 0 Å². The second kappa shape index (κ2) is 6.60. The lowest BCUT2D eigenvalue weighted by Gasteiger charge is -2.11. The number of aromatic nitrogens is 1. The number of ether oxygens (including phenoxy) is 1. The molecule has 0 bridgehead atoms. The Labute approximate surface area is 127 Å². The Morgan fingerprint density at radius 3 is 2.75 bits per heavy atom. The first kappa shape index (κ1) is 14.6. The van der Waals surface area contributed by atoms with Crippen LogP contribution in [-0.4, -0.2) is 4.98 Å². The summed E-state index contributed by atoms with van der Waals surface area (Å²) in [5.74, 6) is 0.934. The van der Waals surface area contributed by atoms with Crippen molar-refractivity contribution in [1.82, 2.24) is 4.98 Å². The maximum absolute atomic E-state index is 8.79. The molecule has 0 unspecified atom stereocenters. The molecule has 102 valence electrons. The number of hydrogen-bond donors (Lipinski definition) is 0. The predicted octanol–water partition coefficient (Wildman–Crippen LogP) is 4.23. The van der Waals surface area contributed by atoms with Crippen LogP contribution in [0.3, 0.4) is 0 Å². The molecule has 0 aliphatic heterocycles. The summed E-state index contributed by atoms with van der Waals surface area (Å²) < 4.78 is 5.71. The van der Waals surface area contributed by atoms with Crippen LogP contribution in [0.2, 0.25) is 5.02 Å². The summed E-state index contributed by atoms with van der Waals surface area (Å²) in [6.45, 7) is 2.20. The van der Waals surface area contributed by atoms with Crippen LogP contribution in [0.25, 0.3) is 0 Å². The van der Waals surface area contributed by atoms with E-state index in [-0.39, 0.29) is 5.88 Å². The summed E-state index contributed by atoms with van der Waals surface area (Å²) in [6.07, 6.45) is 0. The average Bonchev–Trinajstić information content (AvgIpc) is 2.46. The van der Waals surface area contributed by atoms with Gasteiger partial charge in [-0.15, -0.1) is 11.6 Å². The summed E-state index contributed by atoms with van der Waals surface area (Å²) in [5, 5.41) is 9.30.